The van der Waals surface area contributed by atoms with Crippen LogP contribution in [-0.4, -0.2) is 7.76 Å². The molecule has 0 unspecified atom stereocenters. The molecule has 0 aliphatic rings. The average molecular weight is 288 g/mol. The van der Waals surface area contributed by atoms with E-state index in [4.69, 9.17) is 0 Å². The number of rotatable bonds is 1. The number of fused-ring (bicyclic) bond motifs is 1. The van der Waals surface area contributed by atoms with Gasteiger partial charge in [0.25, 0.3) is 0 Å². The lowest BCUT2D eigenvalue weighted by Crippen LogP contribution is -2.06. The van der Waals surface area contributed by atoms with Gasteiger partial charge in [0.1, 0.15) is 0 Å². The number of hydrogen-bond donors (Lipinski definition) is 1. The van der Waals surface area contributed by atoms with E-state index in [9.17, 15) is 4.79 Å². The van der Waals surface area contributed by atoms with Crippen LogP contribution in [0.15, 0.2) is 23.0 Å². The van der Waals surface area contributed by atoms with E-state index >= 15 is 0 Å². The van der Waals surface area contributed by atoms with E-state index in [0.29, 0.717) is 0 Å². The minimum atomic E-state index is -0.0659. The van der Waals surface area contributed by atoms with E-state index in [-0.39, 0.29) is 5.69 Å². The number of nitrogens with one attached hydrogen (secondary N) is 1. The van der Waals surface area contributed by atoms with Crippen LogP contribution in [0.2, 0.25) is 0 Å². The molecule has 2 aromatic rings. The van der Waals surface area contributed by atoms with Gasteiger partial charge in [0, 0.05) is 0 Å². The van der Waals surface area contributed by atoms with Gasteiger partial charge in [-0.3, -0.25) is 0 Å². The van der Waals surface area contributed by atoms with Gasteiger partial charge in [-0.2, -0.15) is 0 Å². The summed E-state index contributed by atoms with van der Waals surface area (Å²) in [5.41, 5.74) is 3.04. The largest absolute Gasteiger partial charge is 0.335 e. The molecule has 0 saturated carbocycles. The zero-order valence-corrected chi connectivity index (χ0v) is 9.33. The monoisotopic (exact) mass is 288 g/mol. The Morgan fingerprint density at radius 1 is 1.54 bits per heavy atom. The number of halogens is 1. The molecular weight excluding hydrogens is 279 g/mol. The summed E-state index contributed by atoms with van der Waals surface area (Å²) in [5.74, 6) is 0. The van der Waals surface area contributed by atoms with Crippen molar-refractivity contribution in [2.45, 2.75) is 13.3 Å². The van der Waals surface area contributed by atoms with Crippen molar-refractivity contribution in [1.82, 2.24) is 7.76 Å². The SMILES string of the molecule is CCc1ccc2c(c1)[nH]c(=O)n2I. The van der Waals surface area contributed by atoms with E-state index < -0.39 is 0 Å². The molecule has 0 saturated heterocycles. The molecule has 0 radical (unpaired) electrons. The van der Waals surface area contributed by atoms with Crippen molar-refractivity contribution in [2.24, 2.45) is 0 Å². The van der Waals surface area contributed by atoms with Crippen molar-refractivity contribution in [3.8, 4) is 0 Å². The van der Waals surface area contributed by atoms with Crippen LogP contribution < -0.4 is 5.69 Å². The maximum Gasteiger partial charge on any atom is 0.335 e. The van der Waals surface area contributed by atoms with Gasteiger partial charge in [-0.15, -0.1) is 0 Å². The number of aryl methyl sites for hydroxylation is 1. The van der Waals surface area contributed by atoms with Crippen molar-refractivity contribution >= 4 is 33.9 Å². The van der Waals surface area contributed by atoms with Crippen molar-refractivity contribution in [3.05, 3.63) is 34.2 Å². The smallest absolute Gasteiger partial charge is 0.305 e. The molecular formula is C9H9IN2O. The van der Waals surface area contributed by atoms with Gasteiger partial charge < -0.3 is 4.98 Å². The standard InChI is InChI=1S/C9H9IN2O/c1-2-6-3-4-8-7(5-6)11-9(13)12(8)10/h3-5H,2H2,1H3,(H,11,13). The van der Waals surface area contributed by atoms with Crippen molar-refractivity contribution < 1.29 is 0 Å². The first-order chi connectivity index (χ1) is 6.22. The molecule has 0 fully saturated rings. The quantitative estimate of drug-likeness (QED) is 0.802. The van der Waals surface area contributed by atoms with Crippen LogP contribution >= 0.6 is 22.9 Å². The lowest BCUT2D eigenvalue weighted by atomic mass is 10.1. The van der Waals surface area contributed by atoms with Crippen LogP contribution in [0.3, 0.4) is 0 Å². The normalized spacial score (nSPS) is 10.9. The topological polar surface area (TPSA) is 37.8 Å². The number of imidazole rings is 1. The van der Waals surface area contributed by atoms with Gasteiger partial charge in [0.15, 0.2) is 0 Å². The highest BCUT2D eigenvalue weighted by Crippen LogP contribution is 2.14. The van der Waals surface area contributed by atoms with Gasteiger partial charge >= 0.3 is 5.69 Å². The molecule has 1 aromatic heterocycles. The third-order valence-electron chi connectivity index (χ3n) is 2.10. The highest BCUT2D eigenvalue weighted by Gasteiger charge is 2.03. The third kappa shape index (κ3) is 1.39. The first kappa shape index (κ1) is 8.80. The molecule has 1 aromatic carbocycles. The molecule has 1 heterocycles. The summed E-state index contributed by atoms with van der Waals surface area (Å²) < 4.78 is 1.59. The van der Waals surface area contributed by atoms with Crippen molar-refractivity contribution in [2.75, 3.05) is 0 Å². The first-order valence-corrected chi connectivity index (χ1v) is 5.08. The summed E-state index contributed by atoms with van der Waals surface area (Å²) in [7, 11) is 0. The predicted molar refractivity (Wildman–Crippen MR) is 61.4 cm³/mol. The van der Waals surface area contributed by atoms with Gasteiger partial charge in [-0.25, -0.2) is 7.58 Å². The van der Waals surface area contributed by atoms with E-state index in [0.717, 1.165) is 17.5 Å². The minimum absolute atomic E-state index is 0.0659. The number of benzene rings is 1. The second-order valence-corrected chi connectivity index (χ2v) is 3.88. The van der Waals surface area contributed by atoms with E-state index in [1.807, 2.05) is 41.1 Å². The molecule has 0 bridgehead atoms. The van der Waals surface area contributed by atoms with Crippen LogP contribution in [0.4, 0.5) is 0 Å². The molecule has 4 heteroatoms. The summed E-state index contributed by atoms with van der Waals surface area (Å²) in [4.78, 5) is 14.0. The van der Waals surface area contributed by atoms with Crippen LogP contribution in [0, 0.1) is 0 Å². The number of aromatic amines is 1. The summed E-state index contributed by atoms with van der Waals surface area (Å²) in [6.45, 7) is 2.10. The molecule has 68 valence electrons. The fraction of sp³-hybridized carbons (Fsp3) is 0.222. The molecule has 0 amide bonds. The zero-order valence-electron chi connectivity index (χ0n) is 7.17. The maximum atomic E-state index is 11.2. The summed E-state index contributed by atoms with van der Waals surface area (Å²) >= 11 is 1.99. The van der Waals surface area contributed by atoms with Crippen molar-refractivity contribution in [3.63, 3.8) is 0 Å². The molecule has 1 N–H and O–H groups in total. The second-order valence-electron chi connectivity index (χ2n) is 2.92. The molecule has 0 spiro atoms. The molecule has 0 atom stereocenters. The Kier molecular flexibility index (Phi) is 2.15. The number of hydrogen-bond acceptors (Lipinski definition) is 1. The Morgan fingerprint density at radius 3 is 3.00 bits per heavy atom. The predicted octanol–water partition coefficient (Wildman–Crippen LogP) is 2.09. The first-order valence-electron chi connectivity index (χ1n) is 4.12. The van der Waals surface area contributed by atoms with Crippen LogP contribution in [0.1, 0.15) is 12.5 Å². The fourth-order valence-electron chi connectivity index (χ4n) is 1.35. The van der Waals surface area contributed by atoms with Crippen LogP contribution in [0.25, 0.3) is 11.0 Å². The maximum absolute atomic E-state index is 11.2. The number of H-pyrrole nitrogens is 1. The van der Waals surface area contributed by atoms with Crippen LogP contribution in [0.5, 0.6) is 0 Å². The Hall–Kier alpha value is -0.780. The Morgan fingerprint density at radius 2 is 2.31 bits per heavy atom. The molecule has 2 rings (SSSR count). The Balaban J connectivity index is 2.80. The van der Waals surface area contributed by atoms with E-state index in [2.05, 4.69) is 11.9 Å². The third-order valence-corrected chi connectivity index (χ3v) is 3.06. The summed E-state index contributed by atoms with van der Waals surface area (Å²) in [6.07, 6.45) is 0.990. The molecule has 13 heavy (non-hydrogen) atoms. The molecule has 0 aliphatic heterocycles. The molecule has 3 nitrogen and oxygen atoms in total. The fourth-order valence-corrected chi connectivity index (χ4v) is 1.89. The highest BCUT2D eigenvalue weighted by molar-refractivity contribution is 14.1. The van der Waals surface area contributed by atoms with E-state index in [1.54, 1.807) is 2.78 Å². The summed E-state index contributed by atoms with van der Waals surface area (Å²) in [6, 6.07) is 6.04. The summed E-state index contributed by atoms with van der Waals surface area (Å²) in [5, 5.41) is 0. The lowest BCUT2D eigenvalue weighted by molar-refractivity contribution is 1.14. The van der Waals surface area contributed by atoms with E-state index in [1.165, 1.54) is 5.56 Å². The number of nitrogens with zero attached hydrogens (tertiary/aromatic N) is 1. The van der Waals surface area contributed by atoms with Crippen molar-refractivity contribution in [1.29, 1.82) is 0 Å². The van der Waals surface area contributed by atoms with Gasteiger partial charge in [-0.05, 0) is 24.1 Å². The lowest BCUT2D eigenvalue weighted by Gasteiger charge is -1.95. The van der Waals surface area contributed by atoms with Gasteiger partial charge in [-0.1, -0.05) is 13.0 Å². The number of aromatic nitrogens is 2. The zero-order chi connectivity index (χ0) is 9.42. The minimum Gasteiger partial charge on any atom is -0.305 e. The van der Waals surface area contributed by atoms with Gasteiger partial charge in [0.05, 0.1) is 33.9 Å². The van der Waals surface area contributed by atoms with Crippen LogP contribution in [-0.2, 0) is 6.42 Å². The van der Waals surface area contributed by atoms with Gasteiger partial charge in [0.2, 0.25) is 0 Å². The second kappa shape index (κ2) is 3.17. The Bertz CT molecular complexity index is 498. The molecule has 0 aliphatic carbocycles. The Labute approximate surface area is 89.3 Å². The average Bonchev–Trinajstić information content (AvgIpc) is 2.42. The highest BCUT2D eigenvalue weighted by atomic mass is 127.